The minimum Gasteiger partial charge on any atom is -0.489 e. The molecule has 0 spiro atoms. The van der Waals surface area contributed by atoms with E-state index in [0.29, 0.717) is 12.0 Å². The largest absolute Gasteiger partial charge is 0.489 e. The van der Waals surface area contributed by atoms with Crippen LogP contribution in [-0.2, 0) is 6.42 Å². The Morgan fingerprint density at radius 3 is 2.59 bits per heavy atom. The summed E-state index contributed by atoms with van der Waals surface area (Å²) in [6.45, 7) is 8.19. The molecule has 1 aromatic heterocycles. The Hall–Kier alpha value is -1.25. The summed E-state index contributed by atoms with van der Waals surface area (Å²) in [5, 5.41) is 0. The zero-order chi connectivity index (χ0) is 12.5. The second-order valence-electron chi connectivity index (χ2n) is 5.52. The Balaban J connectivity index is 2.14. The minimum atomic E-state index is -0.211. The number of hydrogen-bond acceptors (Lipinski definition) is 3. The first-order chi connectivity index (χ1) is 7.98. The first-order valence-electron chi connectivity index (χ1n) is 6.32. The lowest BCUT2D eigenvalue weighted by atomic mass is 10.2. The van der Waals surface area contributed by atoms with Crippen LogP contribution >= 0.6 is 0 Å². The van der Waals surface area contributed by atoms with E-state index in [2.05, 4.69) is 11.9 Å². The van der Waals surface area contributed by atoms with Gasteiger partial charge in [0, 0.05) is 11.6 Å². The topological polar surface area (TPSA) is 31.4 Å². The highest BCUT2D eigenvalue weighted by Gasteiger charge is 2.25. The van der Waals surface area contributed by atoms with Crippen LogP contribution in [0.25, 0.3) is 0 Å². The van der Waals surface area contributed by atoms with Gasteiger partial charge in [0.1, 0.15) is 11.4 Å². The lowest BCUT2D eigenvalue weighted by Crippen LogP contribution is -2.23. The molecule has 1 fully saturated rings. The minimum absolute atomic E-state index is 0.211. The summed E-state index contributed by atoms with van der Waals surface area (Å²) in [6, 6.07) is 1.99. The fourth-order valence-electron chi connectivity index (χ4n) is 1.58. The van der Waals surface area contributed by atoms with Crippen molar-refractivity contribution in [2.75, 3.05) is 0 Å². The average Bonchev–Trinajstić information content (AvgIpc) is 3.02. The maximum atomic E-state index is 5.81. The van der Waals surface area contributed by atoms with Crippen LogP contribution in [0.4, 0.5) is 0 Å². The Bertz CT molecular complexity index is 392. The van der Waals surface area contributed by atoms with E-state index in [0.717, 1.165) is 12.2 Å². The molecule has 3 heteroatoms. The summed E-state index contributed by atoms with van der Waals surface area (Å²) in [7, 11) is 0. The fourth-order valence-corrected chi connectivity index (χ4v) is 1.58. The van der Waals surface area contributed by atoms with E-state index >= 15 is 0 Å². The zero-order valence-electron chi connectivity index (χ0n) is 11.1. The van der Waals surface area contributed by atoms with Crippen molar-refractivity contribution in [3.63, 3.8) is 0 Å². The summed E-state index contributed by atoms with van der Waals surface area (Å²) in [5.74, 6) is 1.59. The van der Waals surface area contributed by atoms with E-state index in [1.807, 2.05) is 26.8 Å². The molecule has 1 heterocycles. The predicted molar refractivity (Wildman–Crippen MR) is 67.6 cm³/mol. The Labute approximate surface area is 103 Å². The number of ether oxygens (including phenoxy) is 2. The first-order valence-corrected chi connectivity index (χ1v) is 6.32. The van der Waals surface area contributed by atoms with Gasteiger partial charge < -0.3 is 9.47 Å². The van der Waals surface area contributed by atoms with Crippen LogP contribution in [0.3, 0.4) is 0 Å². The smallest absolute Gasteiger partial charge is 0.214 e. The summed E-state index contributed by atoms with van der Waals surface area (Å²) in [4.78, 5) is 4.31. The maximum absolute atomic E-state index is 5.81. The van der Waals surface area contributed by atoms with E-state index < -0.39 is 0 Å². The normalized spacial score (nSPS) is 15.8. The molecule has 1 saturated carbocycles. The Kier molecular flexibility index (Phi) is 3.27. The van der Waals surface area contributed by atoms with Gasteiger partial charge in [0.05, 0.1) is 12.3 Å². The van der Waals surface area contributed by atoms with E-state index in [4.69, 9.17) is 9.47 Å². The molecule has 0 aromatic carbocycles. The molecule has 0 amide bonds. The van der Waals surface area contributed by atoms with Crippen LogP contribution in [0.2, 0.25) is 0 Å². The van der Waals surface area contributed by atoms with E-state index in [1.165, 1.54) is 18.4 Å². The van der Waals surface area contributed by atoms with E-state index in [1.54, 1.807) is 6.20 Å². The standard InChI is InChI=1S/C14H21NO2/c1-5-10-8-13(17-14(2,3)4)15-9-12(10)16-11-6-7-11/h8-9,11H,5-7H2,1-4H3. The molecule has 1 aliphatic rings. The molecule has 0 saturated heterocycles. The van der Waals surface area contributed by atoms with Crippen molar-refractivity contribution >= 4 is 0 Å². The van der Waals surface area contributed by atoms with Gasteiger partial charge in [0.25, 0.3) is 0 Å². The zero-order valence-corrected chi connectivity index (χ0v) is 11.1. The Morgan fingerprint density at radius 2 is 2.06 bits per heavy atom. The van der Waals surface area contributed by atoms with Crippen LogP contribution in [0.5, 0.6) is 11.6 Å². The molecule has 2 rings (SSSR count). The van der Waals surface area contributed by atoms with Crippen molar-refractivity contribution in [1.82, 2.24) is 4.98 Å². The fraction of sp³-hybridized carbons (Fsp3) is 0.643. The molecule has 1 aromatic rings. The number of aryl methyl sites for hydroxylation is 1. The summed E-state index contributed by atoms with van der Waals surface area (Å²) in [5.41, 5.74) is 0.961. The average molecular weight is 235 g/mol. The number of nitrogens with zero attached hydrogens (tertiary/aromatic N) is 1. The van der Waals surface area contributed by atoms with E-state index in [9.17, 15) is 0 Å². The molecule has 3 nitrogen and oxygen atoms in total. The molecule has 17 heavy (non-hydrogen) atoms. The van der Waals surface area contributed by atoms with Gasteiger partial charge in [-0.05, 0) is 40.0 Å². The van der Waals surface area contributed by atoms with Gasteiger partial charge in [0.2, 0.25) is 5.88 Å². The lowest BCUT2D eigenvalue weighted by Gasteiger charge is -2.21. The molecule has 0 aliphatic heterocycles. The number of rotatable bonds is 4. The highest BCUT2D eigenvalue weighted by Crippen LogP contribution is 2.30. The molecule has 0 radical (unpaired) electrons. The number of pyridine rings is 1. The molecule has 94 valence electrons. The lowest BCUT2D eigenvalue weighted by molar-refractivity contribution is 0.123. The van der Waals surface area contributed by atoms with Gasteiger partial charge >= 0.3 is 0 Å². The van der Waals surface area contributed by atoms with E-state index in [-0.39, 0.29) is 5.60 Å². The van der Waals surface area contributed by atoms with Crippen molar-refractivity contribution in [3.8, 4) is 11.6 Å². The summed E-state index contributed by atoms with van der Waals surface area (Å²) < 4.78 is 11.6. The van der Waals surface area contributed by atoms with Gasteiger partial charge in [-0.25, -0.2) is 4.98 Å². The van der Waals surface area contributed by atoms with Gasteiger partial charge in [-0.2, -0.15) is 0 Å². The molecule has 0 bridgehead atoms. The van der Waals surface area contributed by atoms with Gasteiger partial charge in [-0.1, -0.05) is 6.92 Å². The highest BCUT2D eigenvalue weighted by molar-refractivity contribution is 5.35. The van der Waals surface area contributed by atoms with Gasteiger partial charge in [0.15, 0.2) is 0 Å². The second kappa shape index (κ2) is 4.55. The van der Waals surface area contributed by atoms with Crippen molar-refractivity contribution in [2.24, 2.45) is 0 Å². The molecular formula is C14H21NO2. The van der Waals surface area contributed by atoms with Crippen LogP contribution in [0.1, 0.15) is 46.1 Å². The molecule has 1 aliphatic carbocycles. The van der Waals surface area contributed by atoms with Crippen LogP contribution < -0.4 is 9.47 Å². The van der Waals surface area contributed by atoms with Crippen molar-refractivity contribution in [2.45, 2.75) is 58.7 Å². The predicted octanol–water partition coefficient (Wildman–Crippen LogP) is 3.36. The highest BCUT2D eigenvalue weighted by atomic mass is 16.5. The Morgan fingerprint density at radius 1 is 1.35 bits per heavy atom. The molecular weight excluding hydrogens is 214 g/mol. The van der Waals surface area contributed by atoms with Crippen molar-refractivity contribution in [3.05, 3.63) is 17.8 Å². The van der Waals surface area contributed by atoms with Crippen LogP contribution in [0, 0.1) is 0 Å². The van der Waals surface area contributed by atoms with Crippen molar-refractivity contribution in [1.29, 1.82) is 0 Å². The molecule has 0 atom stereocenters. The maximum Gasteiger partial charge on any atom is 0.214 e. The third kappa shape index (κ3) is 3.62. The summed E-state index contributed by atoms with van der Waals surface area (Å²) in [6.07, 6.45) is 5.48. The quantitative estimate of drug-likeness (QED) is 0.802. The van der Waals surface area contributed by atoms with Crippen molar-refractivity contribution < 1.29 is 9.47 Å². The molecule has 0 N–H and O–H groups in total. The second-order valence-corrected chi connectivity index (χ2v) is 5.52. The van der Waals surface area contributed by atoms with Gasteiger partial charge in [-0.3, -0.25) is 0 Å². The monoisotopic (exact) mass is 235 g/mol. The number of aromatic nitrogens is 1. The summed E-state index contributed by atoms with van der Waals surface area (Å²) >= 11 is 0. The van der Waals surface area contributed by atoms with Gasteiger partial charge in [-0.15, -0.1) is 0 Å². The SMILES string of the molecule is CCc1cc(OC(C)(C)C)ncc1OC1CC1. The van der Waals surface area contributed by atoms with Crippen LogP contribution in [-0.4, -0.2) is 16.7 Å². The van der Waals surface area contributed by atoms with Crippen LogP contribution in [0.15, 0.2) is 12.3 Å². The first kappa shape index (κ1) is 12.2. The third-order valence-electron chi connectivity index (χ3n) is 2.53. The third-order valence-corrected chi connectivity index (χ3v) is 2.53. The number of hydrogen-bond donors (Lipinski definition) is 0. The molecule has 0 unspecified atom stereocenters.